The normalized spacial score (nSPS) is 11.5. The van der Waals surface area contributed by atoms with Crippen molar-refractivity contribution >= 4 is 60.7 Å². The van der Waals surface area contributed by atoms with Crippen LogP contribution in [-0.4, -0.2) is 9.55 Å². The van der Waals surface area contributed by atoms with Crippen molar-refractivity contribution in [1.82, 2.24) is 9.55 Å². The summed E-state index contributed by atoms with van der Waals surface area (Å²) in [4.78, 5) is 7.19. The van der Waals surface area contributed by atoms with Crippen molar-refractivity contribution in [3.8, 4) is 28.3 Å². The first-order valence-electron chi connectivity index (χ1n) is 17.2. The molecule has 0 bridgehead atoms. The van der Waals surface area contributed by atoms with Gasteiger partial charge in [0.25, 0.3) is 0 Å². The third-order valence-corrected chi connectivity index (χ3v) is 9.80. The first-order valence-corrected chi connectivity index (χ1v) is 17.2. The number of aromatic nitrogens is 2. The average molecular weight is 654 g/mol. The van der Waals surface area contributed by atoms with E-state index in [4.69, 9.17) is 9.40 Å². The summed E-state index contributed by atoms with van der Waals surface area (Å²) in [5.41, 5.74) is 11.6. The van der Waals surface area contributed by atoms with E-state index in [2.05, 4.69) is 161 Å². The molecule has 0 saturated heterocycles. The van der Waals surface area contributed by atoms with Gasteiger partial charge in [-0.05, 0) is 95.4 Å². The van der Waals surface area contributed by atoms with Gasteiger partial charge in [-0.2, -0.15) is 0 Å². The molecule has 2 aromatic heterocycles. The lowest BCUT2D eigenvalue weighted by Crippen LogP contribution is -2.09. The fourth-order valence-corrected chi connectivity index (χ4v) is 7.47. The van der Waals surface area contributed by atoms with Crippen LogP contribution in [0.25, 0.3) is 71.9 Å². The van der Waals surface area contributed by atoms with Gasteiger partial charge in [0.05, 0.1) is 11.0 Å². The number of oxazole rings is 1. The second-order valence-electron chi connectivity index (χ2n) is 12.8. The third-order valence-electron chi connectivity index (χ3n) is 9.80. The van der Waals surface area contributed by atoms with Gasteiger partial charge < -0.3 is 13.9 Å². The lowest BCUT2D eigenvalue weighted by molar-refractivity contribution is 0.623. The molecule has 0 spiro atoms. The van der Waals surface area contributed by atoms with E-state index < -0.39 is 0 Å². The lowest BCUT2D eigenvalue weighted by Gasteiger charge is -2.26. The quantitative estimate of drug-likeness (QED) is 0.179. The van der Waals surface area contributed by atoms with Crippen molar-refractivity contribution in [1.29, 1.82) is 0 Å². The van der Waals surface area contributed by atoms with E-state index in [0.29, 0.717) is 5.89 Å². The van der Waals surface area contributed by atoms with Gasteiger partial charge in [0, 0.05) is 44.5 Å². The monoisotopic (exact) mass is 653 g/mol. The van der Waals surface area contributed by atoms with Gasteiger partial charge in [-0.15, -0.1) is 0 Å². The average Bonchev–Trinajstić information content (AvgIpc) is 3.79. The second-order valence-corrected chi connectivity index (χ2v) is 12.8. The Hall–Kier alpha value is -6.91. The molecule has 240 valence electrons. The predicted octanol–water partition coefficient (Wildman–Crippen LogP) is 12.9. The van der Waals surface area contributed by atoms with Crippen LogP contribution in [-0.2, 0) is 0 Å². The van der Waals surface area contributed by atoms with Gasteiger partial charge >= 0.3 is 0 Å². The maximum atomic E-state index is 6.48. The minimum absolute atomic E-state index is 0.630. The van der Waals surface area contributed by atoms with Crippen LogP contribution in [0.1, 0.15) is 0 Å². The van der Waals surface area contributed by atoms with Crippen LogP contribution in [0.3, 0.4) is 0 Å². The number of anilines is 3. The van der Waals surface area contributed by atoms with Gasteiger partial charge in [-0.1, -0.05) is 109 Å². The summed E-state index contributed by atoms with van der Waals surface area (Å²) in [5.74, 6) is 0.630. The van der Waals surface area contributed by atoms with E-state index >= 15 is 0 Å². The molecule has 0 aliphatic rings. The van der Waals surface area contributed by atoms with Crippen molar-refractivity contribution in [2.45, 2.75) is 0 Å². The highest BCUT2D eigenvalue weighted by atomic mass is 16.3. The summed E-state index contributed by atoms with van der Waals surface area (Å²) >= 11 is 0. The lowest BCUT2D eigenvalue weighted by atomic mass is 9.97. The molecule has 0 fully saturated rings. The van der Waals surface area contributed by atoms with E-state index in [0.717, 1.165) is 61.3 Å². The fraction of sp³-hybridized carbons (Fsp3) is 0. The maximum absolute atomic E-state index is 6.48. The van der Waals surface area contributed by atoms with Gasteiger partial charge in [-0.3, -0.25) is 0 Å². The number of benzene rings is 8. The zero-order valence-corrected chi connectivity index (χ0v) is 27.6. The van der Waals surface area contributed by atoms with Gasteiger partial charge in [0.1, 0.15) is 5.52 Å². The van der Waals surface area contributed by atoms with Crippen molar-refractivity contribution in [2.24, 2.45) is 0 Å². The largest absolute Gasteiger partial charge is 0.435 e. The van der Waals surface area contributed by atoms with Crippen LogP contribution in [0.2, 0.25) is 0 Å². The Morgan fingerprint density at radius 2 is 1.14 bits per heavy atom. The zero-order valence-electron chi connectivity index (χ0n) is 27.6. The van der Waals surface area contributed by atoms with E-state index in [1.807, 2.05) is 36.4 Å². The Labute approximate surface area is 295 Å². The molecule has 0 amide bonds. The van der Waals surface area contributed by atoms with Crippen LogP contribution in [0, 0.1) is 0 Å². The smallest absolute Gasteiger partial charge is 0.227 e. The maximum Gasteiger partial charge on any atom is 0.227 e. The summed E-state index contributed by atoms with van der Waals surface area (Å²) < 4.78 is 8.84. The molecule has 8 aromatic carbocycles. The molecule has 0 radical (unpaired) electrons. The van der Waals surface area contributed by atoms with Crippen molar-refractivity contribution in [3.05, 3.63) is 188 Å². The molecule has 51 heavy (non-hydrogen) atoms. The van der Waals surface area contributed by atoms with Crippen LogP contribution in [0.15, 0.2) is 192 Å². The molecule has 0 saturated carbocycles. The van der Waals surface area contributed by atoms with Crippen LogP contribution in [0.4, 0.5) is 17.1 Å². The summed E-state index contributed by atoms with van der Waals surface area (Å²) in [6, 6.07) is 66.2. The number of fused-ring (bicyclic) bond motifs is 6. The Bertz CT molecular complexity index is 2840. The molecule has 0 unspecified atom stereocenters. The van der Waals surface area contributed by atoms with Crippen molar-refractivity contribution < 1.29 is 4.42 Å². The number of hydrogen-bond acceptors (Lipinski definition) is 3. The van der Waals surface area contributed by atoms with Gasteiger partial charge in [-0.25, -0.2) is 4.98 Å². The number of para-hydroxylation sites is 3. The molecule has 10 aromatic rings. The molecule has 0 aliphatic heterocycles. The molecule has 10 rings (SSSR count). The van der Waals surface area contributed by atoms with Crippen LogP contribution >= 0.6 is 0 Å². The fourth-order valence-electron chi connectivity index (χ4n) is 7.47. The number of hydrogen-bond donors (Lipinski definition) is 0. The summed E-state index contributed by atoms with van der Waals surface area (Å²) in [6.07, 6.45) is 0. The van der Waals surface area contributed by atoms with Gasteiger partial charge in [0.15, 0.2) is 5.58 Å². The standard InChI is InChI=1S/C47H31N3O/c1-4-13-34(14-5-1)47-48-42-29-25-33-15-12-21-39(45(33)46(42)51-47)32-23-26-37(27-24-32)49(35-16-6-2-7-17-35)38-28-30-44-41(31-38)40-20-10-11-22-43(40)50(44)36-18-8-3-9-19-36/h1-31H. The Morgan fingerprint density at radius 1 is 0.471 bits per heavy atom. The van der Waals surface area contributed by atoms with Crippen molar-refractivity contribution in [2.75, 3.05) is 4.90 Å². The molecule has 0 N–H and O–H groups in total. The highest BCUT2D eigenvalue weighted by molar-refractivity contribution is 6.12. The molecule has 2 heterocycles. The summed E-state index contributed by atoms with van der Waals surface area (Å²) in [6.45, 7) is 0. The molecule has 4 heteroatoms. The second kappa shape index (κ2) is 11.9. The zero-order chi connectivity index (χ0) is 33.7. The third kappa shape index (κ3) is 4.88. The predicted molar refractivity (Wildman–Crippen MR) is 211 cm³/mol. The van der Waals surface area contributed by atoms with E-state index in [1.165, 1.54) is 21.8 Å². The molecule has 4 nitrogen and oxygen atoms in total. The van der Waals surface area contributed by atoms with E-state index in [1.54, 1.807) is 0 Å². The number of nitrogens with zero attached hydrogens (tertiary/aromatic N) is 3. The Balaban J connectivity index is 1.10. The Morgan fingerprint density at radius 3 is 1.94 bits per heavy atom. The highest BCUT2D eigenvalue weighted by Crippen LogP contribution is 2.41. The summed E-state index contributed by atoms with van der Waals surface area (Å²) in [7, 11) is 0. The van der Waals surface area contributed by atoms with Gasteiger partial charge in [0.2, 0.25) is 5.89 Å². The molecule has 0 aliphatic carbocycles. The SMILES string of the molecule is c1ccc(-c2nc3ccc4cccc(-c5ccc(N(c6ccccc6)c6ccc7c(c6)c6ccccc6n7-c6ccccc6)cc5)c4c3o2)cc1. The molecule has 0 atom stereocenters. The van der Waals surface area contributed by atoms with E-state index in [9.17, 15) is 0 Å². The Kier molecular flexibility index (Phi) is 6.78. The topological polar surface area (TPSA) is 34.2 Å². The minimum atomic E-state index is 0.630. The van der Waals surface area contributed by atoms with Crippen LogP contribution in [0.5, 0.6) is 0 Å². The van der Waals surface area contributed by atoms with E-state index in [-0.39, 0.29) is 0 Å². The minimum Gasteiger partial charge on any atom is -0.435 e. The van der Waals surface area contributed by atoms with Crippen LogP contribution < -0.4 is 4.90 Å². The molecular weight excluding hydrogens is 623 g/mol. The molecular formula is C47H31N3O. The number of rotatable bonds is 6. The summed E-state index contributed by atoms with van der Waals surface area (Å²) in [5, 5.41) is 4.63. The van der Waals surface area contributed by atoms with Crippen molar-refractivity contribution in [3.63, 3.8) is 0 Å². The first kappa shape index (κ1) is 29.0. The highest BCUT2D eigenvalue weighted by Gasteiger charge is 2.19. The first-order chi connectivity index (χ1) is 25.3.